The standard InChI is InChI=1S/C15H17N3O2/c1-17-5-6-18-15(20)13-8-12(16)7-10-3-2-4-11(9-19)14(10)13/h2-4,7-9,17H,5-6,16H2,1H3,(H,18,20). The summed E-state index contributed by atoms with van der Waals surface area (Å²) in [6, 6.07) is 8.66. The Kier molecular flexibility index (Phi) is 4.32. The Balaban J connectivity index is 2.50. The van der Waals surface area contributed by atoms with Gasteiger partial charge in [-0.1, -0.05) is 18.2 Å². The molecule has 5 nitrogen and oxygen atoms in total. The Morgan fingerprint density at radius 1 is 1.30 bits per heavy atom. The highest BCUT2D eigenvalue weighted by Crippen LogP contribution is 2.25. The molecule has 0 fully saturated rings. The van der Waals surface area contributed by atoms with Crippen molar-refractivity contribution in [2.45, 2.75) is 0 Å². The quantitative estimate of drug-likeness (QED) is 0.433. The van der Waals surface area contributed by atoms with E-state index in [1.54, 1.807) is 24.3 Å². The van der Waals surface area contributed by atoms with Gasteiger partial charge in [0, 0.05) is 35.3 Å². The van der Waals surface area contributed by atoms with E-state index in [9.17, 15) is 9.59 Å². The number of nitrogen functional groups attached to an aromatic ring is 1. The van der Waals surface area contributed by atoms with Gasteiger partial charge in [-0.25, -0.2) is 0 Å². The molecule has 0 unspecified atom stereocenters. The molecular weight excluding hydrogens is 254 g/mol. The minimum Gasteiger partial charge on any atom is -0.399 e. The van der Waals surface area contributed by atoms with E-state index in [2.05, 4.69) is 10.6 Å². The van der Waals surface area contributed by atoms with Crippen molar-refractivity contribution in [1.29, 1.82) is 0 Å². The summed E-state index contributed by atoms with van der Waals surface area (Å²) in [5.74, 6) is -0.230. The SMILES string of the molecule is CNCCNC(=O)c1cc(N)cc2cccc(C=O)c12. The second-order valence-electron chi connectivity index (χ2n) is 4.49. The lowest BCUT2D eigenvalue weighted by molar-refractivity contribution is 0.0956. The van der Waals surface area contributed by atoms with Crippen LogP contribution in [-0.4, -0.2) is 32.3 Å². The number of nitrogens with two attached hydrogens (primary N) is 1. The van der Waals surface area contributed by atoms with Crippen LogP contribution in [0.2, 0.25) is 0 Å². The Morgan fingerprint density at radius 2 is 2.10 bits per heavy atom. The van der Waals surface area contributed by atoms with Crippen molar-refractivity contribution in [2.75, 3.05) is 25.9 Å². The molecule has 104 valence electrons. The number of rotatable bonds is 5. The number of nitrogens with one attached hydrogen (secondary N) is 2. The Hall–Kier alpha value is -2.40. The van der Waals surface area contributed by atoms with Gasteiger partial charge in [0.15, 0.2) is 6.29 Å². The van der Waals surface area contributed by atoms with Crippen LogP contribution in [0.5, 0.6) is 0 Å². The summed E-state index contributed by atoms with van der Waals surface area (Å²) >= 11 is 0. The van der Waals surface area contributed by atoms with Crippen molar-refractivity contribution >= 4 is 28.7 Å². The average molecular weight is 271 g/mol. The van der Waals surface area contributed by atoms with E-state index in [4.69, 9.17) is 5.73 Å². The maximum Gasteiger partial charge on any atom is 0.252 e. The maximum atomic E-state index is 12.2. The Labute approximate surface area is 117 Å². The molecule has 2 aromatic rings. The van der Waals surface area contributed by atoms with Crippen LogP contribution in [0, 0.1) is 0 Å². The van der Waals surface area contributed by atoms with Crippen molar-refractivity contribution in [3.8, 4) is 0 Å². The monoisotopic (exact) mass is 271 g/mol. The van der Waals surface area contributed by atoms with Crippen molar-refractivity contribution in [2.24, 2.45) is 0 Å². The molecular formula is C15H17N3O2. The number of carbonyl (C=O) groups excluding carboxylic acids is 2. The summed E-state index contributed by atoms with van der Waals surface area (Å²) in [6.07, 6.45) is 0.753. The first kappa shape index (κ1) is 14.0. The maximum absolute atomic E-state index is 12.2. The van der Waals surface area contributed by atoms with Crippen LogP contribution in [0.15, 0.2) is 30.3 Å². The van der Waals surface area contributed by atoms with Gasteiger partial charge in [-0.05, 0) is 24.6 Å². The summed E-state index contributed by atoms with van der Waals surface area (Å²) in [4.78, 5) is 23.4. The second kappa shape index (κ2) is 6.16. The fraction of sp³-hybridized carbons (Fsp3) is 0.200. The molecule has 0 aliphatic rings. The first-order chi connectivity index (χ1) is 9.67. The third-order valence-electron chi connectivity index (χ3n) is 3.06. The van der Waals surface area contributed by atoms with Gasteiger partial charge in [0.1, 0.15) is 0 Å². The summed E-state index contributed by atoms with van der Waals surface area (Å²) in [5, 5.41) is 7.17. The van der Waals surface area contributed by atoms with Crippen LogP contribution in [0.25, 0.3) is 10.8 Å². The Morgan fingerprint density at radius 3 is 2.80 bits per heavy atom. The van der Waals surface area contributed by atoms with Crippen LogP contribution < -0.4 is 16.4 Å². The molecule has 0 heterocycles. The predicted molar refractivity (Wildman–Crippen MR) is 80.0 cm³/mol. The number of benzene rings is 2. The van der Waals surface area contributed by atoms with Crippen LogP contribution in [0.1, 0.15) is 20.7 Å². The fourth-order valence-electron chi connectivity index (χ4n) is 2.15. The van der Waals surface area contributed by atoms with E-state index < -0.39 is 0 Å². The van der Waals surface area contributed by atoms with Gasteiger partial charge in [-0.2, -0.15) is 0 Å². The first-order valence-corrected chi connectivity index (χ1v) is 6.37. The molecule has 0 saturated carbocycles. The number of aldehydes is 1. The highest BCUT2D eigenvalue weighted by atomic mass is 16.1. The van der Waals surface area contributed by atoms with E-state index in [1.165, 1.54) is 0 Å². The smallest absolute Gasteiger partial charge is 0.252 e. The van der Waals surface area contributed by atoms with Crippen LogP contribution >= 0.6 is 0 Å². The van der Waals surface area contributed by atoms with Gasteiger partial charge in [0.25, 0.3) is 5.91 Å². The van der Waals surface area contributed by atoms with Crippen molar-refractivity contribution in [1.82, 2.24) is 10.6 Å². The van der Waals surface area contributed by atoms with E-state index in [0.717, 1.165) is 11.7 Å². The number of anilines is 1. The third-order valence-corrected chi connectivity index (χ3v) is 3.06. The molecule has 2 aromatic carbocycles. The number of likely N-dealkylation sites (N-methyl/N-ethyl adjacent to an activating group) is 1. The van der Waals surface area contributed by atoms with Crippen molar-refractivity contribution in [3.05, 3.63) is 41.5 Å². The van der Waals surface area contributed by atoms with E-state index in [0.29, 0.717) is 35.3 Å². The third kappa shape index (κ3) is 2.78. The summed E-state index contributed by atoms with van der Waals surface area (Å²) < 4.78 is 0. The minimum absolute atomic E-state index is 0.230. The molecule has 0 aliphatic carbocycles. The van der Waals surface area contributed by atoms with Gasteiger partial charge in [0.2, 0.25) is 0 Å². The number of fused-ring (bicyclic) bond motifs is 1. The molecule has 0 aliphatic heterocycles. The lowest BCUT2D eigenvalue weighted by Gasteiger charge is -2.11. The number of hydrogen-bond donors (Lipinski definition) is 3. The Bertz CT molecular complexity index is 653. The normalized spacial score (nSPS) is 10.4. The topological polar surface area (TPSA) is 84.2 Å². The van der Waals surface area contributed by atoms with Gasteiger partial charge >= 0.3 is 0 Å². The molecule has 5 heteroatoms. The fourth-order valence-corrected chi connectivity index (χ4v) is 2.15. The highest BCUT2D eigenvalue weighted by molar-refractivity contribution is 6.13. The van der Waals surface area contributed by atoms with Gasteiger partial charge in [-0.3, -0.25) is 9.59 Å². The predicted octanol–water partition coefficient (Wildman–Crippen LogP) is 1.18. The molecule has 1 amide bonds. The number of hydrogen-bond acceptors (Lipinski definition) is 4. The highest BCUT2D eigenvalue weighted by Gasteiger charge is 2.13. The molecule has 20 heavy (non-hydrogen) atoms. The number of amides is 1. The lowest BCUT2D eigenvalue weighted by atomic mass is 9.98. The molecule has 0 radical (unpaired) electrons. The van der Waals surface area contributed by atoms with E-state index >= 15 is 0 Å². The minimum atomic E-state index is -0.230. The first-order valence-electron chi connectivity index (χ1n) is 6.37. The van der Waals surface area contributed by atoms with Crippen molar-refractivity contribution in [3.63, 3.8) is 0 Å². The van der Waals surface area contributed by atoms with Crippen LogP contribution in [-0.2, 0) is 0 Å². The molecule has 2 rings (SSSR count). The summed E-state index contributed by atoms with van der Waals surface area (Å²) in [6.45, 7) is 1.18. The molecule has 0 aromatic heterocycles. The average Bonchev–Trinajstić information content (AvgIpc) is 2.45. The number of carbonyl (C=O) groups is 2. The second-order valence-corrected chi connectivity index (χ2v) is 4.49. The zero-order valence-corrected chi connectivity index (χ0v) is 11.3. The van der Waals surface area contributed by atoms with E-state index in [-0.39, 0.29) is 5.91 Å². The van der Waals surface area contributed by atoms with Gasteiger partial charge in [-0.15, -0.1) is 0 Å². The lowest BCUT2D eigenvalue weighted by Crippen LogP contribution is -2.30. The van der Waals surface area contributed by atoms with Crippen LogP contribution in [0.4, 0.5) is 5.69 Å². The van der Waals surface area contributed by atoms with Gasteiger partial charge in [0.05, 0.1) is 0 Å². The van der Waals surface area contributed by atoms with Gasteiger partial charge < -0.3 is 16.4 Å². The molecule has 0 bridgehead atoms. The van der Waals surface area contributed by atoms with Crippen LogP contribution in [0.3, 0.4) is 0 Å². The molecule has 0 atom stereocenters. The largest absolute Gasteiger partial charge is 0.399 e. The zero-order valence-electron chi connectivity index (χ0n) is 11.3. The van der Waals surface area contributed by atoms with Crippen molar-refractivity contribution < 1.29 is 9.59 Å². The molecule has 0 spiro atoms. The molecule has 0 saturated heterocycles. The zero-order chi connectivity index (χ0) is 14.5. The van der Waals surface area contributed by atoms with E-state index in [1.807, 2.05) is 13.1 Å². The summed E-state index contributed by atoms with van der Waals surface area (Å²) in [7, 11) is 1.81. The molecule has 4 N–H and O–H groups in total. The summed E-state index contributed by atoms with van der Waals surface area (Å²) in [5.41, 5.74) is 7.24.